The molecule has 18 heavy (non-hydrogen) atoms. The predicted molar refractivity (Wildman–Crippen MR) is 60.5 cm³/mol. The maximum Gasteiger partial charge on any atom is 0.340 e. The Hall–Kier alpha value is -1.08. The Bertz CT molecular complexity index is 359. The normalized spacial score (nSPS) is 13.1. The van der Waals surface area contributed by atoms with Gasteiger partial charge in [-0.15, -0.1) is 12.4 Å². The van der Waals surface area contributed by atoms with E-state index in [-0.39, 0.29) is 24.3 Å². The molecule has 0 saturated heterocycles. The first-order valence-corrected chi connectivity index (χ1v) is 4.83. The van der Waals surface area contributed by atoms with Gasteiger partial charge in [0.15, 0.2) is 6.61 Å². The Balaban J connectivity index is 0.00000289. The number of aromatic nitrogens is 1. The van der Waals surface area contributed by atoms with Crippen LogP contribution >= 0.6 is 12.4 Å². The van der Waals surface area contributed by atoms with Crippen molar-refractivity contribution in [2.75, 3.05) is 6.61 Å². The van der Waals surface area contributed by atoms with Gasteiger partial charge in [-0.05, 0) is 12.5 Å². The molecule has 0 aliphatic rings. The summed E-state index contributed by atoms with van der Waals surface area (Å²) in [6.07, 6.45) is -2.41. The summed E-state index contributed by atoms with van der Waals surface area (Å²) < 4.78 is 53.2. The third-order valence-corrected chi connectivity index (χ3v) is 2.02. The van der Waals surface area contributed by atoms with E-state index in [1.54, 1.807) is 6.92 Å². The smallest absolute Gasteiger partial charge is 0.340 e. The van der Waals surface area contributed by atoms with E-state index in [0.29, 0.717) is 5.56 Å². The van der Waals surface area contributed by atoms with E-state index in [4.69, 9.17) is 5.73 Å². The molecule has 2 N–H and O–H groups in total. The summed E-state index contributed by atoms with van der Waals surface area (Å²) >= 11 is 0. The van der Waals surface area contributed by atoms with Crippen molar-refractivity contribution < 1.29 is 22.3 Å². The molecule has 1 heterocycles. The van der Waals surface area contributed by atoms with Crippen LogP contribution in [0.15, 0.2) is 18.3 Å². The van der Waals surface area contributed by atoms with Gasteiger partial charge in [-0.2, -0.15) is 8.78 Å². The standard InChI is InChI=1S/C10H12F4N2O.ClH/c1-6(15)7-2-3-8(16-4-7)17-5-10(13,14)9(11)12;/h2-4,6,9H,5,15H2,1H3;1H. The Labute approximate surface area is 108 Å². The van der Waals surface area contributed by atoms with Crippen LogP contribution in [0.5, 0.6) is 5.88 Å². The van der Waals surface area contributed by atoms with Crippen molar-refractivity contribution >= 4 is 12.4 Å². The molecule has 1 aromatic rings. The molecule has 0 aliphatic heterocycles. The van der Waals surface area contributed by atoms with E-state index in [0.717, 1.165) is 0 Å². The van der Waals surface area contributed by atoms with Gasteiger partial charge in [0.05, 0.1) is 0 Å². The third kappa shape index (κ3) is 4.66. The maximum atomic E-state index is 12.5. The molecule has 0 radical (unpaired) electrons. The van der Waals surface area contributed by atoms with Gasteiger partial charge < -0.3 is 10.5 Å². The molecule has 1 unspecified atom stereocenters. The number of halogens is 5. The molecule has 0 aromatic carbocycles. The molecule has 0 fully saturated rings. The highest BCUT2D eigenvalue weighted by Gasteiger charge is 2.41. The minimum atomic E-state index is -4.18. The van der Waals surface area contributed by atoms with E-state index < -0.39 is 19.0 Å². The number of hydrogen-bond acceptors (Lipinski definition) is 3. The highest BCUT2D eigenvalue weighted by atomic mass is 35.5. The fourth-order valence-corrected chi connectivity index (χ4v) is 0.980. The van der Waals surface area contributed by atoms with E-state index in [1.165, 1.54) is 18.3 Å². The highest BCUT2D eigenvalue weighted by molar-refractivity contribution is 5.85. The van der Waals surface area contributed by atoms with Crippen molar-refractivity contribution in [3.8, 4) is 5.88 Å². The van der Waals surface area contributed by atoms with E-state index >= 15 is 0 Å². The van der Waals surface area contributed by atoms with Crippen molar-refractivity contribution in [3.05, 3.63) is 23.9 Å². The van der Waals surface area contributed by atoms with E-state index in [1.807, 2.05) is 0 Å². The number of ether oxygens (including phenoxy) is 1. The van der Waals surface area contributed by atoms with Crippen molar-refractivity contribution in [1.82, 2.24) is 4.98 Å². The van der Waals surface area contributed by atoms with Gasteiger partial charge in [0.1, 0.15) is 0 Å². The SMILES string of the molecule is CC(N)c1ccc(OCC(F)(F)C(F)F)nc1.Cl. The molecule has 8 heteroatoms. The van der Waals surface area contributed by atoms with Crippen LogP contribution in [0.2, 0.25) is 0 Å². The maximum absolute atomic E-state index is 12.5. The molecular formula is C10H13ClF4N2O. The fraction of sp³-hybridized carbons (Fsp3) is 0.500. The van der Waals surface area contributed by atoms with Gasteiger partial charge >= 0.3 is 12.3 Å². The van der Waals surface area contributed by atoms with Crippen LogP contribution in [0.3, 0.4) is 0 Å². The van der Waals surface area contributed by atoms with Gasteiger partial charge in [-0.3, -0.25) is 0 Å². The van der Waals surface area contributed by atoms with Crippen LogP contribution in [-0.4, -0.2) is 23.9 Å². The first kappa shape index (κ1) is 16.9. The zero-order chi connectivity index (χ0) is 13.1. The quantitative estimate of drug-likeness (QED) is 0.848. The summed E-state index contributed by atoms with van der Waals surface area (Å²) in [7, 11) is 0. The summed E-state index contributed by atoms with van der Waals surface area (Å²) in [5.74, 6) is -4.32. The molecule has 0 amide bonds. The van der Waals surface area contributed by atoms with Crippen molar-refractivity contribution in [2.45, 2.75) is 25.3 Å². The van der Waals surface area contributed by atoms with E-state index in [2.05, 4.69) is 9.72 Å². The number of alkyl halides is 4. The lowest BCUT2D eigenvalue weighted by Crippen LogP contribution is -2.33. The number of nitrogens with zero attached hydrogens (tertiary/aromatic N) is 1. The lowest BCUT2D eigenvalue weighted by atomic mass is 10.2. The molecule has 1 rings (SSSR count). The zero-order valence-electron chi connectivity index (χ0n) is 9.45. The molecule has 104 valence electrons. The number of rotatable bonds is 5. The summed E-state index contributed by atoms with van der Waals surface area (Å²) in [5.41, 5.74) is 6.24. The molecule has 0 saturated carbocycles. The minimum Gasteiger partial charge on any atom is -0.471 e. The largest absolute Gasteiger partial charge is 0.471 e. The van der Waals surface area contributed by atoms with Gasteiger partial charge in [0.25, 0.3) is 0 Å². The second kappa shape index (κ2) is 6.75. The number of hydrogen-bond donors (Lipinski definition) is 1. The second-order valence-electron chi connectivity index (χ2n) is 3.57. The van der Waals surface area contributed by atoms with Gasteiger partial charge in [0, 0.05) is 18.3 Å². The summed E-state index contributed by atoms with van der Waals surface area (Å²) in [4.78, 5) is 3.68. The van der Waals surface area contributed by atoms with Crippen LogP contribution in [0, 0.1) is 0 Å². The van der Waals surface area contributed by atoms with E-state index in [9.17, 15) is 17.6 Å². The Kier molecular flexibility index (Phi) is 6.34. The molecule has 3 nitrogen and oxygen atoms in total. The minimum absolute atomic E-state index is 0. The van der Waals surface area contributed by atoms with Gasteiger partial charge in [0.2, 0.25) is 5.88 Å². The molecule has 1 aromatic heterocycles. The third-order valence-electron chi connectivity index (χ3n) is 2.02. The van der Waals surface area contributed by atoms with Crippen molar-refractivity contribution in [3.63, 3.8) is 0 Å². The Morgan fingerprint density at radius 3 is 2.39 bits per heavy atom. The second-order valence-corrected chi connectivity index (χ2v) is 3.57. The first-order chi connectivity index (χ1) is 7.83. The average Bonchev–Trinajstić information content (AvgIpc) is 2.27. The summed E-state index contributed by atoms with van der Waals surface area (Å²) in [6.45, 7) is 0.317. The fourth-order valence-electron chi connectivity index (χ4n) is 0.980. The Morgan fingerprint density at radius 1 is 1.39 bits per heavy atom. The molecular weight excluding hydrogens is 276 g/mol. The van der Waals surface area contributed by atoms with Crippen LogP contribution in [0.25, 0.3) is 0 Å². The molecule has 0 aliphatic carbocycles. The van der Waals surface area contributed by atoms with Crippen molar-refractivity contribution in [2.24, 2.45) is 5.73 Å². The highest BCUT2D eigenvalue weighted by Crippen LogP contribution is 2.23. The number of nitrogens with two attached hydrogens (primary N) is 1. The summed E-state index contributed by atoms with van der Waals surface area (Å²) in [5, 5.41) is 0. The lowest BCUT2D eigenvalue weighted by molar-refractivity contribution is -0.148. The number of pyridine rings is 1. The topological polar surface area (TPSA) is 48.1 Å². The van der Waals surface area contributed by atoms with Crippen LogP contribution in [0.4, 0.5) is 17.6 Å². The summed E-state index contributed by atoms with van der Waals surface area (Å²) in [6, 6.07) is 2.59. The van der Waals surface area contributed by atoms with Gasteiger partial charge in [-0.25, -0.2) is 13.8 Å². The lowest BCUT2D eigenvalue weighted by Gasteiger charge is -2.15. The Morgan fingerprint density at radius 2 is 2.00 bits per heavy atom. The zero-order valence-corrected chi connectivity index (χ0v) is 10.3. The molecule has 0 spiro atoms. The van der Waals surface area contributed by atoms with Crippen LogP contribution < -0.4 is 10.5 Å². The molecule has 1 atom stereocenters. The van der Waals surface area contributed by atoms with Crippen molar-refractivity contribution in [1.29, 1.82) is 0 Å². The monoisotopic (exact) mass is 288 g/mol. The van der Waals surface area contributed by atoms with Crippen LogP contribution in [-0.2, 0) is 0 Å². The average molecular weight is 289 g/mol. The van der Waals surface area contributed by atoms with Crippen LogP contribution in [0.1, 0.15) is 18.5 Å². The molecule has 0 bridgehead atoms. The van der Waals surface area contributed by atoms with Gasteiger partial charge in [-0.1, -0.05) is 6.07 Å². The first-order valence-electron chi connectivity index (χ1n) is 4.83. The predicted octanol–water partition coefficient (Wildman–Crippen LogP) is 2.80.